The summed E-state index contributed by atoms with van der Waals surface area (Å²) in [6.07, 6.45) is 5.50. The van der Waals surface area contributed by atoms with Crippen molar-refractivity contribution in [2.75, 3.05) is 0 Å². The van der Waals surface area contributed by atoms with Crippen molar-refractivity contribution >= 4 is 16.6 Å². The van der Waals surface area contributed by atoms with Crippen molar-refractivity contribution in [3.05, 3.63) is 41.7 Å². The summed E-state index contributed by atoms with van der Waals surface area (Å²) >= 11 is 0. The van der Waals surface area contributed by atoms with Crippen LogP contribution in [-0.2, 0) is 6.42 Å². The quantitative estimate of drug-likeness (QED) is 0.705. The van der Waals surface area contributed by atoms with E-state index >= 15 is 0 Å². The van der Waals surface area contributed by atoms with Crippen LogP contribution in [0, 0.1) is 5.41 Å². The molecule has 0 amide bonds. The highest BCUT2D eigenvalue weighted by Crippen LogP contribution is 2.34. The van der Waals surface area contributed by atoms with E-state index in [0.29, 0.717) is 6.42 Å². The summed E-state index contributed by atoms with van der Waals surface area (Å²) in [5, 5.41) is 2.13. The van der Waals surface area contributed by atoms with Gasteiger partial charge >= 0.3 is 0 Å². The van der Waals surface area contributed by atoms with Crippen LogP contribution in [-0.4, -0.2) is 10.8 Å². The van der Waals surface area contributed by atoms with Gasteiger partial charge in [0, 0.05) is 23.6 Å². The molecule has 98 valence electrons. The zero-order chi connectivity index (χ0) is 13.5. The molecule has 0 N–H and O–H groups in total. The number of aromatic nitrogens is 1. The van der Waals surface area contributed by atoms with Gasteiger partial charge in [0.25, 0.3) is 0 Å². The van der Waals surface area contributed by atoms with Crippen molar-refractivity contribution < 1.29 is 4.79 Å². The van der Waals surface area contributed by atoms with Crippen molar-refractivity contribution in [2.45, 2.75) is 39.5 Å². The number of nitrogens with zero attached hydrogens (tertiary/aromatic N) is 1. The van der Waals surface area contributed by atoms with Crippen molar-refractivity contribution in [3.8, 4) is 0 Å². The predicted molar refractivity (Wildman–Crippen MR) is 77.4 cm³/mol. The lowest BCUT2D eigenvalue weighted by Crippen LogP contribution is -2.20. The molecule has 0 fully saturated rings. The number of hydrogen-bond acceptors (Lipinski definition) is 2. The first kappa shape index (κ1) is 12.3. The molecule has 0 atom stereocenters. The third kappa shape index (κ3) is 2.27. The fraction of sp³-hybridized carbons (Fsp3) is 0.412. The normalized spacial score (nSPS) is 18.7. The van der Waals surface area contributed by atoms with Crippen molar-refractivity contribution in [3.63, 3.8) is 0 Å². The minimum atomic E-state index is 0.237. The van der Waals surface area contributed by atoms with Gasteiger partial charge in [0.05, 0.1) is 5.69 Å². The number of fused-ring (bicyclic) bond motifs is 3. The highest BCUT2D eigenvalue weighted by Gasteiger charge is 2.26. The molecule has 2 nitrogen and oxygen atoms in total. The predicted octanol–water partition coefficient (Wildman–Crippen LogP) is 4.17. The van der Waals surface area contributed by atoms with Crippen molar-refractivity contribution in [1.82, 2.24) is 4.98 Å². The molecule has 1 heterocycles. The molecular weight excluding hydrogens is 234 g/mol. The summed E-state index contributed by atoms with van der Waals surface area (Å²) < 4.78 is 0. The molecule has 0 aliphatic heterocycles. The molecule has 0 saturated heterocycles. The largest absolute Gasteiger partial charge is 0.294 e. The number of rotatable bonds is 0. The van der Waals surface area contributed by atoms with Crippen LogP contribution in [0.4, 0.5) is 0 Å². The number of aryl methyl sites for hydroxylation is 1. The lowest BCUT2D eigenvalue weighted by atomic mass is 9.78. The molecule has 1 aliphatic rings. The molecule has 1 aliphatic carbocycles. The fourth-order valence-corrected chi connectivity index (χ4v) is 2.86. The minimum absolute atomic E-state index is 0.237. The van der Waals surface area contributed by atoms with Crippen molar-refractivity contribution in [2.24, 2.45) is 5.41 Å². The average molecular weight is 253 g/mol. The summed E-state index contributed by atoms with van der Waals surface area (Å²) in [6.45, 7) is 4.48. The first-order valence-corrected chi connectivity index (χ1v) is 6.97. The van der Waals surface area contributed by atoms with Crippen LogP contribution in [0.1, 0.15) is 49.2 Å². The van der Waals surface area contributed by atoms with E-state index in [9.17, 15) is 4.79 Å². The monoisotopic (exact) mass is 253 g/mol. The Labute approximate surface area is 113 Å². The molecule has 1 aromatic heterocycles. The average Bonchev–Trinajstić information content (AvgIpc) is 2.41. The van der Waals surface area contributed by atoms with Gasteiger partial charge in [-0.25, -0.2) is 0 Å². The van der Waals surface area contributed by atoms with E-state index in [1.54, 1.807) is 0 Å². The number of carbonyl (C=O) groups is 1. The van der Waals surface area contributed by atoms with Gasteiger partial charge in [0.15, 0.2) is 5.78 Å². The van der Waals surface area contributed by atoms with Gasteiger partial charge < -0.3 is 0 Å². The van der Waals surface area contributed by atoms with Crippen LogP contribution in [0.15, 0.2) is 30.5 Å². The second-order valence-electron chi connectivity index (χ2n) is 6.25. The Kier molecular flexibility index (Phi) is 2.89. The van der Waals surface area contributed by atoms with Crippen LogP contribution >= 0.6 is 0 Å². The third-order valence-corrected chi connectivity index (χ3v) is 4.22. The Hall–Kier alpha value is -1.70. The SMILES string of the molecule is CC1(C)CCC(=O)c2c(ncc3ccccc23)CC1. The van der Waals surface area contributed by atoms with Gasteiger partial charge in [-0.05, 0) is 30.1 Å². The van der Waals surface area contributed by atoms with Crippen LogP contribution in [0.2, 0.25) is 0 Å². The topological polar surface area (TPSA) is 30.0 Å². The molecule has 0 spiro atoms. The number of pyridine rings is 1. The van der Waals surface area contributed by atoms with Gasteiger partial charge in [0.2, 0.25) is 0 Å². The fourth-order valence-electron chi connectivity index (χ4n) is 2.86. The minimum Gasteiger partial charge on any atom is -0.294 e. The maximum Gasteiger partial charge on any atom is 0.165 e. The standard InChI is InChI=1S/C17H19NO/c1-17(2)9-7-14-16(15(19)8-10-17)13-6-4-3-5-12(13)11-18-14/h3-6,11H,7-10H2,1-2H3. The first-order chi connectivity index (χ1) is 9.07. The van der Waals surface area contributed by atoms with E-state index < -0.39 is 0 Å². The van der Waals surface area contributed by atoms with E-state index in [1.807, 2.05) is 30.5 Å². The zero-order valence-electron chi connectivity index (χ0n) is 11.6. The molecule has 19 heavy (non-hydrogen) atoms. The molecule has 0 bridgehead atoms. The van der Waals surface area contributed by atoms with E-state index in [0.717, 1.165) is 41.3 Å². The Morgan fingerprint density at radius 3 is 2.68 bits per heavy atom. The molecule has 2 aromatic rings. The molecular formula is C17H19NO. The van der Waals surface area contributed by atoms with Crippen LogP contribution in [0.5, 0.6) is 0 Å². The molecule has 0 radical (unpaired) electrons. The van der Waals surface area contributed by atoms with Crippen molar-refractivity contribution in [1.29, 1.82) is 0 Å². The van der Waals surface area contributed by atoms with Crippen LogP contribution in [0.25, 0.3) is 10.8 Å². The third-order valence-electron chi connectivity index (χ3n) is 4.22. The number of carbonyl (C=O) groups excluding carboxylic acids is 1. The summed E-state index contributed by atoms with van der Waals surface area (Å²) in [4.78, 5) is 17.1. The smallest absolute Gasteiger partial charge is 0.165 e. The van der Waals surface area contributed by atoms with Gasteiger partial charge in [-0.15, -0.1) is 0 Å². The molecule has 0 unspecified atom stereocenters. The Morgan fingerprint density at radius 2 is 1.84 bits per heavy atom. The number of benzene rings is 1. The Morgan fingerprint density at radius 1 is 1.11 bits per heavy atom. The van der Waals surface area contributed by atoms with E-state index in [-0.39, 0.29) is 11.2 Å². The summed E-state index contributed by atoms with van der Waals surface area (Å²) in [5.74, 6) is 0.257. The summed E-state index contributed by atoms with van der Waals surface area (Å²) in [6, 6.07) is 8.06. The van der Waals surface area contributed by atoms with Gasteiger partial charge in [-0.3, -0.25) is 9.78 Å². The maximum atomic E-state index is 12.5. The highest BCUT2D eigenvalue weighted by atomic mass is 16.1. The Balaban J connectivity index is 2.18. The van der Waals surface area contributed by atoms with Crippen LogP contribution in [0.3, 0.4) is 0 Å². The summed E-state index contributed by atoms with van der Waals surface area (Å²) in [7, 11) is 0. The second-order valence-corrected chi connectivity index (χ2v) is 6.25. The van der Waals surface area contributed by atoms with E-state index in [2.05, 4.69) is 18.8 Å². The van der Waals surface area contributed by atoms with Gasteiger partial charge in [-0.2, -0.15) is 0 Å². The first-order valence-electron chi connectivity index (χ1n) is 6.97. The van der Waals surface area contributed by atoms with Gasteiger partial charge in [0.1, 0.15) is 0 Å². The maximum absolute atomic E-state index is 12.5. The highest BCUT2D eigenvalue weighted by molar-refractivity contribution is 6.08. The molecule has 3 rings (SSSR count). The molecule has 0 saturated carbocycles. The zero-order valence-corrected chi connectivity index (χ0v) is 11.6. The number of Topliss-reactive ketones (excluding diaryl/α,β-unsaturated/α-hetero) is 1. The molecule has 2 heteroatoms. The van der Waals surface area contributed by atoms with Crippen LogP contribution < -0.4 is 0 Å². The van der Waals surface area contributed by atoms with Gasteiger partial charge in [-0.1, -0.05) is 38.1 Å². The lowest BCUT2D eigenvalue weighted by Gasteiger charge is -2.27. The lowest BCUT2D eigenvalue weighted by molar-refractivity contribution is 0.0955. The van der Waals surface area contributed by atoms with E-state index in [1.165, 1.54) is 0 Å². The second kappa shape index (κ2) is 4.44. The Bertz CT molecular complexity index is 643. The van der Waals surface area contributed by atoms with E-state index in [4.69, 9.17) is 0 Å². The molecule has 1 aromatic carbocycles. The number of hydrogen-bond donors (Lipinski definition) is 0. The number of ketones is 1. The summed E-state index contributed by atoms with van der Waals surface area (Å²) in [5.41, 5.74) is 2.09.